The summed E-state index contributed by atoms with van der Waals surface area (Å²) in [7, 11) is 0. The molecule has 0 radical (unpaired) electrons. The van der Waals surface area contributed by atoms with Gasteiger partial charge in [-0.2, -0.15) is 0 Å². The number of benzene rings is 2. The molecule has 0 saturated heterocycles. The third-order valence-corrected chi connectivity index (χ3v) is 4.97. The Labute approximate surface area is 175 Å². The second kappa shape index (κ2) is 6.93. The van der Waals surface area contributed by atoms with Crippen LogP contribution < -0.4 is 9.47 Å². The van der Waals surface area contributed by atoms with Gasteiger partial charge in [0.05, 0.1) is 11.8 Å². The molecule has 2 aromatic heterocycles. The minimum Gasteiger partial charge on any atom is -0.465 e. The molecule has 2 aromatic carbocycles. The summed E-state index contributed by atoms with van der Waals surface area (Å²) in [5, 5.41) is 1.24. The molecule has 0 amide bonds. The number of fused-ring (bicyclic) bond motifs is 2. The van der Waals surface area contributed by atoms with Crippen molar-refractivity contribution in [3.63, 3.8) is 0 Å². The smallest absolute Gasteiger partial charge is 0.379 e. The number of carbonyl (C=O) groups is 2. The van der Waals surface area contributed by atoms with Crippen molar-refractivity contribution in [3.05, 3.63) is 88.2 Å². The van der Waals surface area contributed by atoms with Crippen LogP contribution in [0.4, 0.5) is 0 Å². The quantitative estimate of drug-likeness (QED) is 0.236. The molecule has 1 aliphatic rings. The Bertz CT molecular complexity index is 1340. The fraction of sp³-hybridized carbons (Fsp3) is 0.0435. The number of rotatable bonds is 3. The lowest BCUT2D eigenvalue weighted by Crippen LogP contribution is -2.08. The summed E-state index contributed by atoms with van der Waals surface area (Å²) in [4.78, 5) is 25.2. The molecule has 148 valence electrons. The lowest BCUT2D eigenvalue weighted by Gasteiger charge is -2.09. The Morgan fingerprint density at radius 3 is 2.80 bits per heavy atom. The molecule has 5 rings (SSSR count). The first-order chi connectivity index (χ1) is 14.5. The van der Waals surface area contributed by atoms with Crippen LogP contribution in [0.3, 0.4) is 0 Å². The van der Waals surface area contributed by atoms with Gasteiger partial charge >= 0.3 is 5.97 Å². The van der Waals surface area contributed by atoms with Crippen molar-refractivity contribution >= 4 is 40.4 Å². The molecule has 0 aliphatic carbocycles. The number of halogens is 1. The molecule has 4 aromatic rings. The van der Waals surface area contributed by atoms with Gasteiger partial charge in [0.15, 0.2) is 5.76 Å². The van der Waals surface area contributed by atoms with Crippen LogP contribution in [-0.2, 0) is 0 Å². The van der Waals surface area contributed by atoms with Crippen molar-refractivity contribution in [2.75, 3.05) is 0 Å². The fourth-order valence-electron chi connectivity index (χ4n) is 3.25. The van der Waals surface area contributed by atoms with E-state index in [9.17, 15) is 9.59 Å². The third-order valence-electron chi connectivity index (χ3n) is 4.74. The van der Waals surface area contributed by atoms with Gasteiger partial charge < -0.3 is 18.3 Å². The van der Waals surface area contributed by atoms with E-state index in [1.807, 2.05) is 0 Å². The van der Waals surface area contributed by atoms with E-state index in [2.05, 4.69) is 0 Å². The summed E-state index contributed by atoms with van der Waals surface area (Å²) in [6.45, 7) is 1.71. The maximum Gasteiger partial charge on any atom is 0.379 e. The van der Waals surface area contributed by atoms with E-state index in [1.165, 1.54) is 12.3 Å². The van der Waals surface area contributed by atoms with Crippen LogP contribution >= 0.6 is 11.6 Å². The summed E-state index contributed by atoms with van der Waals surface area (Å²) in [5.41, 5.74) is 1.44. The average molecular weight is 421 g/mol. The van der Waals surface area contributed by atoms with Crippen LogP contribution in [0.15, 0.2) is 69.4 Å². The minimum absolute atomic E-state index is 0.0440. The Balaban J connectivity index is 1.43. The summed E-state index contributed by atoms with van der Waals surface area (Å²) < 4.78 is 22.0. The van der Waals surface area contributed by atoms with Crippen LogP contribution in [0.25, 0.3) is 17.0 Å². The Hall–Kier alpha value is -3.77. The number of hydrogen-bond acceptors (Lipinski definition) is 6. The van der Waals surface area contributed by atoms with Crippen LogP contribution in [0.5, 0.6) is 11.5 Å². The van der Waals surface area contributed by atoms with Crippen LogP contribution in [0.2, 0.25) is 5.02 Å². The number of carbonyl (C=O) groups excluding carboxylic acids is 2. The van der Waals surface area contributed by atoms with Gasteiger partial charge in [-0.15, -0.1) is 0 Å². The first-order valence-electron chi connectivity index (χ1n) is 9.02. The van der Waals surface area contributed by atoms with Crippen LogP contribution in [0, 0.1) is 6.92 Å². The van der Waals surface area contributed by atoms with Gasteiger partial charge in [-0.1, -0.05) is 11.6 Å². The SMILES string of the molecule is Cc1c(OC(=O)c2cc3cc(Cl)ccc3o2)ccc2c1O/C(=C\c1ccco1)C2=O. The Morgan fingerprint density at radius 2 is 2.00 bits per heavy atom. The van der Waals surface area contributed by atoms with E-state index >= 15 is 0 Å². The molecule has 0 unspecified atom stereocenters. The highest BCUT2D eigenvalue weighted by molar-refractivity contribution is 6.31. The summed E-state index contributed by atoms with van der Waals surface area (Å²) in [6.07, 6.45) is 3.03. The topological polar surface area (TPSA) is 78.9 Å². The van der Waals surface area contributed by atoms with Crippen molar-refractivity contribution in [2.24, 2.45) is 0 Å². The number of ether oxygens (including phenoxy) is 2. The Kier molecular flexibility index (Phi) is 4.22. The highest BCUT2D eigenvalue weighted by atomic mass is 35.5. The van der Waals surface area contributed by atoms with Crippen molar-refractivity contribution in [1.82, 2.24) is 0 Å². The first-order valence-corrected chi connectivity index (χ1v) is 9.40. The zero-order chi connectivity index (χ0) is 20.8. The number of hydrogen-bond donors (Lipinski definition) is 0. The predicted octanol–water partition coefficient (Wildman–Crippen LogP) is 5.82. The predicted molar refractivity (Wildman–Crippen MR) is 109 cm³/mol. The molecule has 30 heavy (non-hydrogen) atoms. The lowest BCUT2D eigenvalue weighted by molar-refractivity contribution is 0.0702. The van der Waals surface area contributed by atoms with E-state index in [-0.39, 0.29) is 23.1 Å². The van der Waals surface area contributed by atoms with Gasteiger partial charge in [-0.3, -0.25) is 4.79 Å². The highest BCUT2D eigenvalue weighted by Gasteiger charge is 2.31. The first kappa shape index (κ1) is 18.3. The molecule has 6 nitrogen and oxygen atoms in total. The van der Waals surface area contributed by atoms with E-state index in [0.29, 0.717) is 38.6 Å². The maximum absolute atomic E-state index is 12.6. The van der Waals surface area contributed by atoms with Gasteiger partial charge in [0.25, 0.3) is 0 Å². The van der Waals surface area contributed by atoms with Gasteiger partial charge in [0.2, 0.25) is 11.5 Å². The molecule has 0 N–H and O–H groups in total. The molecule has 7 heteroatoms. The second-order valence-electron chi connectivity index (χ2n) is 6.70. The van der Waals surface area contributed by atoms with Gasteiger partial charge in [-0.25, -0.2) is 4.79 Å². The Morgan fingerprint density at radius 1 is 1.13 bits per heavy atom. The summed E-state index contributed by atoms with van der Waals surface area (Å²) in [6, 6.07) is 13.2. The standard InChI is InChI=1S/C23H13ClO6/c1-12-17(30-23(26)20-10-13-9-14(24)4-6-18(13)28-20)7-5-16-21(25)19(29-22(12)16)11-15-3-2-8-27-15/h2-11H,1H3/b19-11-. The molecule has 3 heterocycles. The molecule has 0 fully saturated rings. The highest BCUT2D eigenvalue weighted by Crippen LogP contribution is 2.39. The summed E-state index contributed by atoms with van der Waals surface area (Å²) in [5.74, 6) is 0.366. The number of allylic oxidation sites excluding steroid dienone is 1. The largest absolute Gasteiger partial charge is 0.465 e. The maximum atomic E-state index is 12.6. The molecule has 0 atom stereocenters. The average Bonchev–Trinajstić information content (AvgIpc) is 3.45. The molecule has 0 spiro atoms. The van der Waals surface area contributed by atoms with Crippen molar-refractivity contribution in [1.29, 1.82) is 0 Å². The second-order valence-corrected chi connectivity index (χ2v) is 7.14. The zero-order valence-electron chi connectivity index (χ0n) is 15.6. The summed E-state index contributed by atoms with van der Waals surface area (Å²) >= 11 is 5.97. The van der Waals surface area contributed by atoms with Crippen LogP contribution in [-0.4, -0.2) is 11.8 Å². The van der Waals surface area contributed by atoms with Crippen LogP contribution in [0.1, 0.15) is 32.2 Å². The monoisotopic (exact) mass is 420 g/mol. The number of ketones is 1. The van der Waals surface area contributed by atoms with E-state index in [1.54, 1.807) is 55.5 Å². The fourth-order valence-corrected chi connectivity index (χ4v) is 3.43. The number of esters is 1. The minimum atomic E-state index is -0.666. The van der Waals surface area contributed by atoms with Gasteiger partial charge in [0.1, 0.15) is 22.8 Å². The number of furan rings is 2. The molecule has 0 saturated carbocycles. The molecule has 0 bridgehead atoms. The van der Waals surface area contributed by atoms with E-state index in [0.717, 1.165) is 0 Å². The number of Topliss-reactive ketones (excluding diaryl/α,β-unsaturated/α-hetero) is 1. The van der Waals surface area contributed by atoms with Gasteiger partial charge in [0, 0.05) is 22.0 Å². The van der Waals surface area contributed by atoms with Gasteiger partial charge in [-0.05, 0) is 55.5 Å². The van der Waals surface area contributed by atoms with Crippen molar-refractivity contribution < 1.29 is 27.9 Å². The normalized spacial score (nSPS) is 14.2. The van der Waals surface area contributed by atoms with E-state index < -0.39 is 5.97 Å². The molecular weight excluding hydrogens is 408 g/mol. The van der Waals surface area contributed by atoms with E-state index in [4.69, 9.17) is 29.9 Å². The third kappa shape index (κ3) is 3.07. The lowest BCUT2D eigenvalue weighted by atomic mass is 10.1. The zero-order valence-corrected chi connectivity index (χ0v) is 16.4. The van der Waals surface area contributed by atoms with Crippen molar-refractivity contribution in [2.45, 2.75) is 6.92 Å². The molecular formula is C23H13ClO6. The van der Waals surface area contributed by atoms with Crippen molar-refractivity contribution in [3.8, 4) is 11.5 Å². The molecule has 1 aliphatic heterocycles.